The molecule has 2 aromatic heterocycles. The fourth-order valence-electron chi connectivity index (χ4n) is 1.72. The van der Waals surface area contributed by atoms with E-state index in [1.165, 1.54) is 0 Å². The molecule has 114 valence electrons. The quantitative estimate of drug-likeness (QED) is 0.755. The van der Waals surface area contributed by atoms with Gasteiger partial charge in [0, 0.05) is 26.8 Å². The number of pyridine rings is 2. The van der Waals surface area contributed by atoms with E-state index in [4.69, 9.17) is 4.74 Å². The van der Waals surface area contributed by atoms with Crippen molar-refractivity contribution < 1.29 is 4.74 Å². The van der Waals surface area contributed by atoms with Crippen LogP contribution < -0.4 is 10.3 Å². The normalized spacial score (nSPS) is 9.86. The van der Waals surface area contributed by atoms with Gasteiger partial charge in [0.25, 0.3) is 0 Å². The summed E-state index contributed by atoms with van der Waals surface area (Å²) in [6.07, 6.45) is 0. The third kappa shape index (κ3) is 4.97. The van der Waals surface area contributed by atoms with E-state index in [1.807, 2.05) is 33.8 Å². The molecule has 0 aliphatic heterocycles. The summed E-state index contributed by atoms with van der Waals surface area (Å²) in [5, 5.41) is 0. The average Bonchev–Trinajstić information content (AvgIpc) is 2.42. The molecule has 6 heteroatoms. The van der Waals surface area contributed by atoms with E-state index in [2.05, 4.69) is 41.8 Å². The fourth-order valence-corrected chi connectivity index (χ4v) is 2.13. The largest absolute Gasteiger partial charge is 0.481 e. The van der Waals surface area contributed by atoms with Crippen LogP contribution in [-0.2, 0) is 0 Å². The number of rotatable bonds is 1. The molecule has 0 aliphatic rings. The molecule has 0 unspecified atom stereocenters. The summed E-state index contributed by atoms with van der Waals surface area (Å²) in [5.41, 5.74) is 3.92. The van der Waals surface area contributed by atoms with Crippen LogP contribution in [0.4, 0.5) is 0 Å². The number of aromatic nitrogens is 2. The lowest BCUT2D eigenvalue weighted by molar-refractivity contribution is 0.396. The number of aryl methyl sites for hydroxylation is 4. The highest BCUT2D eigenvalue weighted by Gasteiger charge is 2.02. The number of aromatic amines is 1. The average molecular weight is 418 g/mol. The van der Waals surface area contributed by atoms with Gasteiger partial charge in [-0.1, -0.05) is 0 Å². The highest BCUT2D eigenvalue weighted by molar-refractivity contribution is 9.10. The fraction of sp³-hybridized carbons (Fsp3) is 0.333. The molecule has 0 saturated heterocycles. The SMILES string of the molecule is COc1cc(C)c(Br)c(C)n1.Cc1cc(=O)[nH]c(C)c1Br. The summed E-state index contributed by atoms with van der Waals surface area (Å²) in [7, 11) is 1.62. The van der Waals surface area contributed by atoms with Crippen LogP contribution in [0.1, 0.15) is 22.5 Å². The van der Waals surface area contributed by atoms with Gasteiger partial charge < -0.3 is 9.72 Å². The number of nitrogens with one attached hydrogen (secondary N) is 1. The van der Waals surface area contributed by atoms with E-state index in [0.29, 0.717) is 5.88 Å². The van der Waals surface area contributed by atoms with Crippen molar-refractivity contribution in [1.82, 2.24) is 9.97 Å². The Labute approximate surface area is 141 Å². The monoisotopic (exact) mass is 416 g/mol. The summed E-state index contributed by atoms with van der Waals surface area (Å²) in [6, 6.07) is 3.47. The first kappa shape index (κ1) is 17.9. The summed E-state index contributed by atoms with van der Waals surface area (Å²) >= 11 is 6.77. The van der Waals surface area contributed by atoms with E-state index < -0.39 is 0 Å². The molecule has 0 amide bonds. The van der Waals surface area contributed by atoms with Gasteiger partial charge in [0.15, 0.2) is 0 Å². The van der Waals surface area contributed by atoms with Crippen LogP contribution >= 0.6 is 31.9 Å². The molecule has 0 spiro atoms. The van der Waals surface area contributed by atoms with Gasteiger partial charge in [0.2, 0.25) is 11.4 Å². The lowest BCUT2D eigenvalue weighted by Gasteiger charge is -2.04. The first-order valence-electron chi connectivity index (χ1n) is 6.30. The zero-order chi connectivity index (χ0) is 16.2. The zero-order valence-electron chi connectivity index (χ0n) is 12.7. The van der Waals surface area contributed by atoms with Gasteiger partial charge in [-0.25, -0.2) is 4.98 Å². The molecule has 0 radical (unpaired) electrons. The van der Waals surface area contributed by atoms with Crippen LogP contribution in [0.15, 0.2) is 25.9 Å². The van der Waals surface area contributed by atoms with Crippen molar-refractivity contribution >= 4 is 31.9 Å². The van der Waals surface area contributed by atoms with Crippen LogP contribution in [-0.4, -0.2) is 17.1 Å². The minimum atomic E-state index is -0.0433. The van der Waals surface area contributed by atoms with Crippen molar-refractivity contribution in [1.29, 1.82) is 0 Å². The van der Waals surface area contributed by atoms with Crippen molar-refractivity contribution in [2.75, 3.05) is 7.11 Å². The molecular formula is C15H18Br2N2O2. The van der Waals surface area contributed by atoms with Gasteiger partial charge >= 0.3 is 0 Å². The Morgan fingerprint density at radius 1 is 1.05 bits per heavy atom. The predicted molar refractivity (Wildman–Crippen MR) is 92.2 cm³/mol. The molecule has 0 bridgehead atoms. The highest BCUT2D eigenvalue weighted by atomic mass is 79.9. The molecule has 2 heterocycles. The molecular weight excluding hydrogens is 400 g/mol. The predicted octanol–water partition coefficient (Wildman–Crippen LogP) is 4.22. The van der Waals surface area contributed by atoms with E-state index in [9.17, 15) is 4.79 Å². The Hall–Kier alpha value is -1.14. The van der Waals surface area contributed by atoms with Gasteiger partial charge in [0.05, 0.1) is 12.8 Å². The first-order chi connectivity index (χ1) is 9.76. The topological polar surface area (TPSA) is 55.0 Å². The Morgan fingerprint density at radius 3 is 2.10 bits per heavy atom. The molecule has 4 nitrogen and oxygen atoms in total. The molecule has 0 atom stereocenters. The molecule has 2 aromatic rings. The second kappa shape index (κ2) is 7.75. The van der Waals surface area contributed by atoms with Crippen LogP contribution in [0.3, 0.4) is 0 Å². The molecule has 0 aromatic carbocycles. The van der Waals surface area contributed by atoms with Crippen LogP contribution in [0, 0.1) is 27.7 Å². The number of hydrogen-bond donors (Lipinski definition) is 1. The van der Waals surface area contributed by atoms with Gasteiger partial charge in [-0.15, -0.1) is 0 Å². The van der Waals surface area contributed by atoms with E-state index >= 15 is 0 Å². The number of halogens is 2. The van der Waals surface area contributed by atoms with Gasteiger partial charge in [0.1, 0.15) is 0 Å². The lowest BCUT2D eigenvalue weighted by Crippen LogP contribution is -2.06. The van der Waals surface area contributed by atoms with Crippen LogP contribution in [0.5, 0.6) is 5.88 Å². The molecule has 2 rings (SSSR count). The van der Waals surface area contributed by atoms with Crippen LogP contribution in [0.2, 0.25) is 0 Å². The number of methoxy groups -OCH3 is 1. The standard InChI is InChI=1S/C8H10BrNO.C7H8BrNO/c1-5-4-7(11-3)10-6(2)8(5)9;1-4-3-6(10)9-5(2)7(4)8/h4H,1-3H3;3H,1-2H3,(H,9,10). The molecule has 21 heavy (non-hydrogen) atoms. The number of ether oxygens (including phenoxy) is 1. The number of nitrogens with zero attached hydrogens (tertiary/aromatic N) is 1. The zero-order valence-corrected chi connectivity index (χ0v) is 15.8. The van der Waals surface area contributed by atoms with Crippen molar-refractivity contribution in [2.24, 2.45) is 0 Å². The van der Waals surface area contributed by atoms with Crippen LogP contribution in [0.25, 0.3) is 0 Å². The molecule has 0 fully saturated rings. The second-order valence-electron chi connectivity index (χ2n) is 4.64. The van der Waals surface area contributed by atoms with Crippen molar-refractivity contribution in [2.45, 2.75) is 27.7 Å². The maximum Gasteiger partial charge on any atom is 0.248 e. The third-order valence-corrected chi connectivity index (χ3v) is 5.24. The summed E-state index contributed by atoms with van der Waals surface area (Å²) < 4.78 is 7.03. The molecule has 0 aliphatic carbocycles. The van der Waals surface area contributed by atoms with Gasteiger partial charge in [-0.2, -0.15) is 0 Å². The first-order valence-corrected chi connectivity index (χ1v) is 7.88. The molecule has 0 saturated carbocycles. The van der Waals surface area contributed by atoms with E-state index in [0.717, 1.165) is 31.5 Å². The Morgan fingerprint density at radius 2 is 1.62 bits per heavy atom. The smallest absolute Gasteiger partial charge is 0.248 e. The Bertz CT molecular complexity index is 647. The maximum atomic E-state index is 10.8. The van der Waals surface area contributed by atoms with E-state index in [1.54, 1.807) is 13.2 Å². The van der Waals surface area contributed by atoms with Crippen molar-refractivity contribution in [3.8, 4) is 5.88 Å². The molecule has 1 N–H and O–H groups in total. The highest BCUT2D eigenvalue weighted by Crippen LogP contribution is 2.22. The Kier molecular flexibility index (Phi) is 6.61. The number of hydrogen-bond acceptors (Lipinski definition) is 3. The van der Waals surface area contributed by atoms with E-state index in [-0.39, 0.29) is 5.56 Å². The number of H-pyrrole nitrogens is 1. The minimum Gasteiger partial charge on any atom is -0.481 e. The minimum absolute atomic E-state index is 0.0433. The lowest BCUT2D eigenvalue weighted by atomic mass is 10.2. The van der Waals surface area contributed by atoms with Crippen molar-refractivity contribution in [3.05, 3.63) is 53.9 Å². The summed E-state index contributed by atoms with van der Waals surface area (Å²) in [4.78, 5) is 17.6. The maximum absolute atomic E-state index is 10.8. The van der Waals surface area contributed by atoms with Gasteiger partial charge in [-0.05, 0) is 70.7 Å². The summed E-state index contributed by atoms with van der Waals surface area (Å²) in [5.74, 6) is 0.670. The third-order valence-electron chi connectivity index (χ3n) is 2.82. The second-order valence-corrected chi connectivity index (χ2v) is 6.22. The van der Waals surface area contributed by atoms with Crippen molar-refractivity contribution in [3.63, 3.8) is 0 Å². The summed E-state index contributed by atoms with van der Waals surface area (Å²) in [6.45, 7) is 7.71. The Balaban J connectivity index is 0.000000211. The van der Waals surface area contributed by atoms with Gasteiger partial charge in [-0.3, -0.25) is 4.79 Å².